The number of carbonyl (C=O) groups excluding carboxylic acids is 2. The van der Waals surface area contributed by atoms with Crippen LogP contribution in [0.25, 0.3) is 0 Å². The lowest BCUT2D eigenvalue weighted by Gasteiger charge is -2.32. The van der Waals surface area contributed by atoms with Crippen LogP contribution in [0.3, 0.4) is 0 Å². The van der Waals surface area contributed by atoms with Crippen molar-refractivity contribution >= 4 is 35.0 Å². The number of nitrogens with one attached hydrogen (secondary N) is 1. The molecule has 3 rings (SSSR count). The number of benzene rings is 3. The first-order valence-corrected chi connectivity index (χ1v) is 13.1. The molecule has 6 heteroatoms. The molecule has 3 aromatic carbocycles. The Morgan fingerprint density at radius 2 is 1.69 bits per heavy atom. The van der Waals surface area contributed by atoms with E-state index in [0.29, 0.717) is 23.0 Å². The van der Waals surface area contributed by atoms with Gasteiger partial charge in [0.05, 0.1) is 6.42 Å². The zero-order valence-electron chi connectivity index (χ0n) is 21.2. The molecule has 36 heavy (non-hydrogen) atoms. The fourth-order valence-electron chi connectivity index (χ4n) is 4.15. The Morgan fingerprint density at radius 1 is 0.944 bits per heavy atom. The molecule has 0 saturated heterocycles. The monoisotopic (exact) mass is 524 g/mol. The van der Waals surface area contributed by atoms with E-state index in [1.165, 1.54) is 0 Å². The molecular weight excluding hydrogens is 491 g/mol. The van der Waals surface area contributed by atoms with Gasteiger partial charge in [0.25, 0.3) is 0 Å². The lowest BCUT2D eigenvalue weighted by Crippen LogP contribution is -2.51. The summed E-state index contributed by atoms with van der Waals surface area (Å²) in [5, 5.41) is 4.04. The van der Waals surface area contributed by atoms with Crippen molar-refractivity contribution < 1.29 is 9.59 Å². The SMILES string of the molecule is CCCCNC(=O)[C@H](Cc1ccccc1)N(Cc1ccc(Cl)cc1Cl)C(=O)Cc1cc(C)ccc1C. The summed E-state index contributed by atoms with van der Waals surface area (Å²) < 4.78 is 0. The van der Waals surface area contributed by atoms with Gasteiger partial charge in [0.2, 0.25) is 11.8 Å². The second kappa shape index (κ2) is 13.5. The third kappa shape index (κ3) is 7.84. The van der Waals surface area contributed by atoms with Gasteiger partial charge >= 0.3 is 0 Å². The Bertz CT molecular complexity index is 1180. The highest BCUT2D eigenvalue weighted by molar-refractivity contribution is 6.35. The minimum absolute atomic E-state index is 0.124. The maximum Gasteiger partial charge on any atom is 0.243 e. The van der Waals surface area contributed by atoms with E-state index < -0.39 is 6.04 Å². The van der Waals surface area contributed by atoms with Gasteiger partial charge in [0, 0.05) is 29.6 Å². The average Bonchev–Trinajstić information content (AvgIpc) is 2.85. The molecule has 0 bridgehead atoms. The smallest absolute Gasteiger partial charge is 0.243 e. The van der Waals surface area contributed by atoms with Crippen LogP contribution in [-0.4, -0.2) is 29.3 Å². The summed E-state index contributed by atoms with van der Waals surface area (Å²) in [6.45, 7) is 6.87. The second-order valence-corrected chi connectivity index (χ2v) is 10.1. The highest BCUT2D eigenvalue weighted by Gasteiger charge is 2.31. The molecule has 0 aromatic heterocycles. The van der Waals surface area contributed by atoms with E-state index in [4.69, 9.17) is 23.2 Å². The molecule has 3 aromatic rings. The molecule has 0 aliphatic heterocycles. The Morgan fingerprint density at radius 3 is 2.39 bits per heavy atom. The number of halogens is 2. The molecule has 190 valence electrons. The Balaban J connectivity index is 2.00. The number of carbonyl (C=O) groups is 2. The molecule has 0 spiro atoms. The van der Waals surface area contributed by atoms with E-state index in [1.54, 1.807) is 17.0 Å². The third-order valence-corrected chi connectivity index (χ3v) is 6.89. The molecular formula is C30H34Cl2N2O2. The average molecular weight is 526 g/mol. The van der Waals surface area contributed by atoms with Crippen molar-refractivity contribution in [2.24, 2.45) is 0 Å². The van der Waals surface area contributed by atoms with Gasteiger partial charge in [0.15, 0.2) is 0 Å². The van der Waals surface area contributed by atoms with Crippen LogP contribution in [-0.2, 0) is 29.0 Å². The van der Waals surface area contributed by atoms with E-state index in [0.717, 1.165) is 40.7 Å². The highest BCUT2D eigenvalue weighted by atomic mass is 35.5. The maximum absolute atomic E-state index is 13.9. The number of amides is 2. The predicted octanol–water partition coefficient (Wildman–Crippen LogP) is 6.71. The minimum Gasteiger partial charge on any atom is -0.354 e. The number of unbranched alkanes of at least 4 members (excludes halogenated alkanes) is 1. The number of hydrogen-bond acceptors (Lipinski definition) is 2. The van der Waals surface area contributed by atoms with Crippen molar-refractivity contribution in [3.63, 3.8) is 0 Å². The van der Waals surface area contributed by atoms with Crippen molar-refractivity contribution in [2.75, 3.05) is 6.54 Å². The second-order valence-electron chi connectivity index (χ2n) is 9.21. The van der Waals surface area contributed by atoms with Crippen LogP contribution in [0, 0.1) is 13.8 Å². The third-order valence-electron chi connectivity index (χ3n) is 6.30. The number of nitrogens with zero attached hydrogens (tertiary/aromatic N) is 1. The zero-order valence-corrected chi connectivity index (χ0v) is 22.7. The van der Waals surface area contributed by atoms with Crippen LogP contribution in [0.4, 0.5) is 0 Å². The molecule has 0 fully saturated rings. The standard InChI is InChI=1S/C30H34Cl2N2O2/c1-4-5-15-33-30(36)28(17-23-9-7-6-8-10-23)34(20-24-13-14-26(31)19-27(24)32)29(35)18-25-16-21(2)11-12-22(25)3/h6-14,16,19,28H,4-5,15,17-18,20H2,1-3H3,(H,33,36)/t28-/m0/s1. The minimum atomic E-state index is -0.686. The van der Waals surface area contributed by atoms with Gasteiger partial charge in [-0.15, -0.1) is 0 Å². The Hall–Kier alpha value is -2.82. The summed E-state index contributed by atoms with van der Waals surface area (Å²) in [7, 11) is 0. The van der Waals surface area contributed by atoms with Gasteiger partial charge < -0.3 is 10.2 Å². The van der Waals surface area contributed by atoms with Gasteiger partial charge in [-0.3, -0.25) is 9.59 Å². The van der Waals surface area contributed by atoms with Crippen molar-refractivity contribution in [1.82, 2.24) is 10.2 Å². The van der Waals surface area contributed by atoms with Gasteiger partial charge in [0.1, 0.15) is 6.04 Å². The van der Waals surface area contributed by atoms with Gasteiger partial charge in [-0.05, 0) is 54.7 Å². The summed E-state index contributed by atoms with van der Waals surface area (Å²) >= 11 is 12.6. The van der Waals surface area contributed by atoms with Gasteiger partial charge in [-0.25, -0.2) is 0 Å². The topological polar surface area (TPSA) is 49.4 Å². The van der Waals surface area contributed by atoms with E-state index >= 15 is 0 Å². The summed E-state index contributed by atoms with van der Waals surface area (Å²) in [6.07, 6.45) is 2.46. The molecule has 0 aliphatic carbocycles. The van der Waals surface area contributed by atoms with E-state index in [2.05, 4.69) is 12.2 Å². The summed E-state index contributed by atoms with van der Waals surface area (Å²) in [6, 6.07) is 20.4. The normalized spacial score (nSPS) is 11.7. The van der Waals surface area contributed by atoms with Crippen LogP contribution >= 0.6 is 23.2 Å². The maximum atomic E-state index is 13.9. The van der Waals surface area contributed by atoms with Crippen molar-refractivity contribution in [3.8, 4) is 0 Å². The van der Waals surface area contributed by atoms with Crippen LogP contribution in [0.2, 0.25) is 10.0 Å². The summed E-state index contributed by atoms with van der Waals surface area (Å²) in [4.78, 5) is 29.1. The lowest BCUT2D eigenvalue weighted by atomic mass is 9.99. The molecule has 4 nitrogen and oxygen atoms in total. The van der Waals surface area contributed by atoms with Gasteiger partial charge in [-0.1, -0.05) is 96.7 Å². The van der Waals surface area contributed by atoms with Gasteiger partial charge in [-0.2, -0.15) is 0 Å². The van der Waals surface area contributed by atoms with Crippen molar-refractivity contribution in [2.45, 2.75) is 59.0 Å². The molecule has 0 radical (unpaired) electrons. The van der Waals surface area contributed by atoms with E-state index in [1.807, 2.05) is 68.4 Å². The van der Waals surface area contributed by atoms with Crippen molar-refractivity contribution in [1.29, 1.82) is 0 Å². The Labute approximate surface area is 224 Å². The molecule has 0 saturated carbocycles. The van der Waals surface area contributed by atoms with Crippen LogP contribution < -0.4 is 5.32 Å². The summed E-state index contributed by atoms with van der Waals surface area (Å²) in [5.74, 6) is -0.284. The first-order chi connectivity index (χ1) is 17.3. The van der Waals surface area contributed by atoms with Crippen molar-refractivity contribution in [3.05, 3.63) is 105 Å². The molecule has 1 N–H and O–H groups in total. The fourth-order valence-corrected chi connectivity index (χ4v) is 4.62. The molecule has 1 atom stereocenters. The van der Waals surface area contributed by atoms with E-state index in [9.17, 15) is 9.59 Å². The number of hydrogen-bond donors (Lipinski definition) is 1. The van der Waals surface area contributed by atoms with E-state index in [-0.39, 0.29) is 24.8 Å². The van der Waals surface area contributed by atoms with Crippen LogP contribution in [0.15, 0.2) is 66.7 Å². The fraction of sp³-hybridized carbons (Fsp3) is 0.333. The summed E-state index contributed by atoms with van der Waals surface area (Å²) in [5.41, 5.74) is 4.83. The van der Waals surface area contributed by atoms with Crippen LogP contribution in [0.5, 0.6) is 0 Å². The highest BCUT2D eigenvalue weighted by Crippen LogP contribution is 2.25. The Kier molecular flexibility index (Phi) is 10.4. The number of rotatable bonds is 11. The quantitative estimate of drug-likeness (QED) is 0.283. The molecule has 0 aliphatic rings. The lowest BCUT2D eigenvalue weighted by molar-refractivity contribution is -0.140. The molecule has 2 amide bonds. The van der Waals surface area contributed by atoms with Crippen LogP contribution in [0.1, 0.15) is 47.6 Å². The predicted molar refractivity (Wildman–Crippen MR) is 148 cm³/mol. The molecule has 0 unspecified atom stereocenters. The zero-order chi connectivity index (χ0) is 26.1. The molecule has 0 heterocycles. The largest absolute Gasteiger partial charge is 0.354 e. The first-order valence-electron chi connectivity index (χ1n) is 12.4. The first kappa shape index (κ1) is 27.8. The number of aryl methyl sites for hydroxylation is 2.